The van der Waals surface area contributed by atoms with Crippen LogP contribution in [0.5, 0.6) is 0 Å². The molecule has 0 saturated carbocycles. The zero-order valence-corrected chi connectivity index (χ0v) is 21.0. The first-order valence-electron chi connectivity index (χ1n) is 12.8. The van der Waals surface area contributed by atoms with Crippen molar-refractivity contribution in [1.29, 1.82) is 0 Å². The maximum Gasteiger partial charge on any atom is 0.257 e. The van der Waals surface area contributed by atoms with Gasteiger partial charge in [0.1, 0.15) is 5.65 Å². The van der Waals surface area contributed by atoms with E-state index in [1.54, 1.807) is 18.5 Å². The first-order valence-corrected chi connectivity index (χ1v) is 12.8. The van der Waals surface area contributed by atoms with Crippen molar-refractivity contribution in [2.75, 3.05) is 23.7 Å². The highest BCUT2D eigenvalue weighted by molar-refractivity contribution is 6.06. The van der Waals surface area contributed by atoms with Crippen LogP contribution in [0.3, 0.4) is 0 Å². The second-order valence-electron chi connectivity index (χ2n) is 10.00. The summed E-state index contributed by atoms with van der Waals surface area (Å²) in [6, 6.07) is 6.00. The predicted octanol–water partition coefficient (Wildman–Crippen LogP) is 3.75. The molecular weight excluding hydrogens is 468 g/mol. The molecule has 1 saturated heterocycles. The molecular formula is C27H30N8O2. The van der Waals surface area contributed by atoms with Crippen molar-refractivity contribution < 1.29 is 9.59 Å². The van der Waals surface area contributed by atoms with E-state index in [0.29, 0.717) is 35.2 Å². The van der Waals surface area contributed by atoms with Gasteiger partial charge in [0.05, 0.1) is 47.3 Å². The monoisotopic (exact) mass is 498 g/mol. The van der Waals surface area contributed by atoms with Gasteiger partial charge in [0.25, 0.3) is 5.91 Å². The molecule has 10 heteroatoms. The quantitative estimate of drug-likeness (QED) is 0.372. The minimum Gasteiger partial charge on any atom is -0.339 e. The standard InChI is InChI=1S/C27H30N8O2/c1-16-5-3-7-34(16)15-25(36)31-20-11-22(17(2)28-13-20)33-27(37)19-9-18-10-23(32-26(18)29-12-19)21-14-30-35-8-4-6-24(21)35/h9-14,16H,3-8,15H2,1-2H3,(H,29,32)(H,31,36)(H,33,37)/t16-/m0/s1. The molecule has 6 rings (SSSR count). The van der Waals surface area contributed by atoms with Gasteiger partial charge in [0.2, 0.25) is 5.91 Å². The summed E-state index contributed by atoms with van der Waals surface area (Å²) in [5.41, 5.74) is 6.19. The number of rotatable bonds is 6. The Hall–Kier alpha value is -4.05. The van der Waals surface area contributed by atoms with Gasteiger partial charge in [-0.1, -0.05) is 0 Å². The maximum atomic E-state index is 13.1. The number of aryl methyl sites for hydroxylation is 2. The number of carbonyl (C=O) groups excluding carboxylic acids is 2. The lowest BCUT2D eigenvalue weighted by Crippen LogP contribution is -2.35. The van der Waals surface area contributed by atoms with Crippen molar-refractivity contribution in [2.45, 2.75) is 52.1 Å². The summed E-state index contributed by atoms with van der Waals surface area (Å²) >= 11 is 0. The number of fused-ring (bicyclic) bond motifs is 2. The molecule has 2 aliphatic rings. The van der Waals surface area contributed by atoms with Crippen molar-refractivity contribution in [3.63, 3.8) is 0 Å². The first kappa shape index (κ1) is 23.4. The molecule has 0 spiro atoms. The number of anilines is 2. The van der Waals surface area contributed by atoms with Crippen LogP contribution in [0, 0.1) is 6.92 Å². The summed E-state index contributed by atoms with van der Waals surface area (Å²) in [6.45, 7) is 6.20. The van der Waals surface area contributed by atoms with E-state index in [1.807, 2.05) is 29.9 Å². The van der Waals surface area contributed by atoms with E-state index in [-0.39, 0.29) is 11.8 Å². The minimum absolute atomic E-state index is 0.0846. The Labute approximate surface area is 214 Å². The molecule has 4 aromatic heterocycles. The Morgan fingerprint density at radius 3 is 2.81 bits per heavy atom. The fraction of sp³-hybridized carbons (Fsp3) is 0.370. The summed E-state index contributed by atoms with van der Waals surface area (Å²) in [4.78, 5) is 40.0. The molecule has 190 valence electrons. The zero-order chi connectivity index (χ0) is 25.5. The van der Waals surface area contributed by atoms with Gasteiger partial charge in [-0.2, -0.15) is 5.10 Å². The van der Waals surface area contributed by atoms with Gasteiger partial charge in [0, 0.05) is 35.4 Å². The minimum atomic E-state index is -0.289. The van der Waals surface area contributed by atoms with Crippen LogP contribution in [0.25, 0.3) is 22.3 Å². The average molecular weight is 499 g/mol. The van der Waals surface area contributed by atoms with Crippen molar-refractivity contribution in [3.05, 3.63) is 53.7 Å². The highest BCUT2D eigenvalue weighted by Gasteiger charge is 2.23. The number of aromatic nitrogens is 5. The third-order valence-electron chi connectivity index (χ3n) is 7.41. The number of hydrogen-bond acceptors (Lipinski definition) is 6. The molecule has 0 unspecified atom stereocenters. The van der Waals surface area contributed by atoms with Crippen LogP contribution in [0.15, 0.2) is 36.8 Å². The third-order valence-corrected chi connectivity index (χ3v) is 7.41. The van der Waals surface area contributed by atoms with Crippen LogP contribution in [0.1, 0.15) is 47.9 Å². The number of carbonyl (C=O) groups is 2. The lowest BCUT2D eigenvalue weighted by atomic mass is 10.1. The van der Waals surface area contributed by atoms with Crippen LogP contribution < -0.4 is 10.6 Å². The number of hydrogen-bond donors (Lipinski definition) is 3. The second-order valence-corrected chi connectivity index (χ2v) is 10.00. The highest BCUT2D eigenvalue weighted by Crippen LogP contribution is 2.30. The van der Waals surface area contributed by atoms with Gasteiger partial charge in [0.15, 0.2) is 0 Å². The predicted molar refractivity (Wildman–Crippen MR) is 141 cm³/mol. The molecule has 2 amide bonds. The molecule has 1 fully saturated rings. The summed E-state index contributed by atoms with van der Waals surface area (Å²) in [5.74, 6) is -0.374. The molecule has 3 N–H and O–H groups in total. The number of pyridine rings is 2. The van der Waals surface area contributed by atoms with Gasteiger partial charge in [-0.25, -0.2) is 4.98 Å². The van der Waals surface area contributed by atoms with E-state index in [0.717, 1.165) is 61.1 Å². The Balaban J connectivity index is 1.17. The third kappa shape index (κ3) is 4.60. The van der Waals surface area contributed by atoms with Crippen molar-refractivity contribution in [1.82, 2.24) is 29.6 Å². The summed E-state index contributed by atoms with van der Waals surface area (Å²) < 4.78 is 2.05. The lowest BCUT2D eigenvalue weighted by Gasteiger charge is -2.20. The number of nitrogens with one attached hydrogen (secondary N) is 3. The molecule has 0 aliphatic carbocycles. The van der Waals surface area contributed by atoms with Crippen molar-refractivity contribution in [3.8, 4) is 11.3 Å². The van der Waals surface area contributed by atoms with Crippen LogP contribution in [-0.4, -0.2) is 60.6 Å². The summed E-state index contributed by atoms with van der Waals surface area (Å²) in [6.07, 6.45) is 9.41. The number of aromatic amines is 1. The Morgan fingerprint density at radius 2 is 1.97 bits per heavy atom. The lowest BCUT2D eigenvalue weighted by molar-refractivity contribution is -0.117. The van der Waals surface area contributed by atoms with Crippen molar-refractivity contribution >= 4 is 34.2 Å². The van der Waals surface area contributed by atoms with E-state index < -0.39 is 0 Å². The largest absolute Gasteiger partial charge is 0.339 e. The Bertz CT molecular complexity index is 1500. The SMILES string of the molecule is Cc1ncc(NC(=O)CN2CCC[C@@H]2C)cc1NC(=O)c1cnc2[nH]c(-c3cnn4c3CCC4)cc2c1. The van der Waals surface area contributed by atoms with Crippen LogP contribution in [-0.2, 0) is 17.8 Å². The second kappa shape index (κ2) is 9.44. The molecule has 37 heavy (non-hydrogen) atoms. The fourth-order valence-corrected chi connectivity index (χ4v) is 5.31. The van der Waals surface area contributed by atoms with E-state index in [2.05, 4.69) is 42.5 Å². The number of likely N-dealkylation sites (tertiary alicyclic amines) is 1. The summed E-state index contributed by atoms with van der Waals surface area (Å²) in [5, 5.41) is 11.2. The van der Waals surface area contributed by atoms with Gasteiger partial charge in [-0.15, -0.1) is 0 Å². The molecule has 0 bridgehead atoms. The van der Waals surface area contributed by atoms with Crippen LogP contribution in [0.2, 0.25) is 0 Å². The van der Waals surface area contributed by atoms with Gasteiger partial charge in [-0.3, -0.25) is 24.2 Å². The Morgan fingerprint density at radius 1 is 1.08 bits per heavy atom. The fourth-order valence-electron chi connectivity index (χ4n) is 5.31. The normalized spacial score (nSPS) is 17.3. The number of H-pyrrole nitrogens is 1. The van der Waals surface area contributed by atoms with Crippen molar-refractivity contribution in [2.24, 2.45) is 0 Å². The smallest absolute Gasteiger partial charge is 0.257 e. The number of nitrogens with zero attached hydrogens (tertiary/aromatic N) is 5. The molecule has 4 aromatic rings. The topological polar surface area (TPSA) is 121 Å². The van der Waals surface area contributed by atoms with E-state index in [1.165, 1.54) is 5.69 Å². The van der Waals surface area contributed by atoms with Crippen LogP contribution in [0.4, 0.5) is 11.4 Å². The van der Waals surface area contributed by atoms with Crippen LogP contribution >= 0.6 is 0 Å². The van der Waals surface area contributed by atoms with E-state index in [4.69, 9.17) is 0 Å². The van der Waals surface area contributed by atoms with E-state index in [9.17, 15) is 9.59 Å². The molecule has 6 heterocycles. The summed E-state index contributed by atoms with van der Waals surface area (Å²) in [7, 11) is 0. The molecule has 0 aromatic carbocycles. The highest BCUT2D eigenvalue weighted by atomic mass is 16.2. The molecule has 0 radical (unpaired) electrons. The van der Waals surface area contributed by atoms with Gasteiger partial charge >= 0.3 is 0 Å². The van der Waals surface area contributed by atoms with Gasteiger partial charge < -0.3 is 15.6 Å². The number of amides is 2. The molecule has 10 nitrogen and oxygen atoms in total. The van der Waals surface area contributed by atoms with E-state index >= 15 is 0 Å². The molecule has 1 atom stereocenters. The maximum absolute atomic E-state index is 13.1. The Kier molecular flexibility index (Phi) is 5.96. The first-order chi connectivity index (χ1) is 17.9. The average Bonchev–Trinajstić information content (AvgIpc) is 3.65. The molecule has 2 aliphatic heterocycles. The van der Waals surface area contributed by atoms with Gasteiger partial charge in [-0.05, 0) is 64.3 Å². The zero-order valence-electron chi connectivity index (χ0n) is 21.0.